The maximum Gasteiger partial charge on any atom is 0.100 e. The van der Waals surface area contributed by atoms with Crippen molar-refractivity contribution in [3.05, 3.63) is 21.9 Å². The molecule has 0 saturated carbocycles. The predicted octanol–water partition coefficient (Wildman–Crippen LogP) is 2.77. The molecule has 17 heavy (non-hydrogen) atoms. The van der Waals surface area contributed by atoms with Gasteiger partial charge in [0.2, 0.25) is 0 Å². The van der Waals surface area contributed by atoms with Gasteiger partial charge in [0, 0.05) is 30.0 Å². The van der Waals surface area contributed by atoms with Crippen molar-refractivity contribution in [1.29, 1.82) is 5.26 Å². The molecule has 1 aromatic rings. The molecule has 0 saturated heterocycles. The van der Waals surface area contributed by atoms with Gasteiger partial charge in [0.25, 0.3) is 0 Å². The highest BCUT2D eigenvalue weighted by Gasteiger charge is 1.98. The van der Waals surface area contributed by atoms with Crippen LogP contribution in [0.4, 0.5) is 0 Å². The van der Waals surface area contributed by atoms with Gasteiger partial charge in [0.1, 0.15) is 6.07 Å². The lowest BCUT2D eigenvalue weighted by molar-refractivity contribution is 0.108. The third-order valence-electron chi connectivity index (χ3n) is 2.18. The van der Waals surface area contributed by atoms with E-state index in [0.29, 0.717) is 5.92 Å². The molecule has 1 heterocycles. The van der Waals surface area contributed by atoms with E-state index in [1.54, 1.807) is 11.3 Å². The Hall–Kier alpha value is -0.890. The van der Waals surface area contributed by atoms with Crippen LogP contribution < -0.4 is 5.32 Å². The fourth-order valence-electron chi connectivity index (χ4n) is 1.36. The Balaban J connectivity index is 1.99. The van der Waals surface area contributed by atoms with Crippen molar-refractivity contribution in [2.75, 3.05) is 19.8 Å². The third kappa shape index (κ3) is 6.42. The van der Waals surface area contributed by atoms with Crippen LogP contribution in [0.5, 0.6) is 0 Å². The summed E-state index contributed by atoms with van der Waals surface area (Å²) < 4.78 is 5.49. The first-order valence-corrected chi connectivity index (χ1v) is 6.86. The molecule has 0 aromatic carbocycles. The Morgan fingerprint density at radius 3 is 3.00 bits per heavy atom. The number of thiophene rings is 1. The van der Waals surface area contributed by atoms with Gasteiger partial charge in [0.15, 0.2) is 0 Å². The number of nitriles is 1. The predicted molar refractivity (Wildman–Crippen MR) is 71.0 cm³/mol. The molecule has 0 spiro atoms. The molecule has 0 radical (unpaired) electrons. The minimum atomic E-state index is 0.610. The molecule has 1 aromatic heterocycles. The molecule has 0 aliphatic rings. The number of hydrogen-bond acceptors (Lipinski definition) is 4. The molecule has 0 aliphatic carbocycles. The topological polar surface area (TPSA) is 45.0 Å². The van der Waals surface area contributed by atoms with Gasteiger partial charge in [-0.05, 0) is 24.9 Å². The second kappa shape index (κ2) is 8.24. The number of rotatable bonds is 8. The summed E-state index contributed by atoms with van der Waals surface area (Å²) >= 11 is 1.63. The molecule has 3 nitrogen and oxygen atoms in total. The maximum absolute atomic E-state index is 8.68. The molecule has 0 fully saturated rings. The van der Waals surface area contributed by atoms with Gasteiger partial charge in [0.05, 0.1) is 5.56 Å². The molecule has 0 bridgehead atoms. The molecular weight excluding hydrogens is 232 g/mol. The van der Waals surface area contributed by atoms with Gasteiger partial charge in [-0.3, -0.25) is 0 Å². The van der Waals surface area contributed by atoms with Crippen LogP contribution in [0.1, 0.15) is 30.7 Å². The van der Waals surface area contributed by atoms with Crippen molar-refractivity contribution in [3.8, 4) is 6.07 Å². The van der Waals surface area contributed by atoms with Gasteiger partial charge < -0.3 is 10.1 Å². The summed E-state index contributed by atoms with van der Waals surface area (Å²) in [6.45, 7) is 7.77. The third-order valence-corrected chi connectivity index (χ3v) is 3.11. The van der Waals surface area contributed by atoms with Crippen LogP contribution in [0.15, 0.2) is 11.4 Å². The van der Waals surface area contributed by atoms with Crippen molar-refractivity contribution in [2.24, 2.45) is 5.92 Å². The van der Waals surface area contributed by atoms with Crippen molar-refractivity contribution in [1.82, 2.24) is 5.32 Å². The van der Waals surface area contributed by atoms with E-state index < -0.39 is 0 Å². The molecule has 0 aliphatic heterocycles. The second-order valence-electron chi connectivity index (χ2n) is 4.41. The molecule has 1 rings (SSSR count). The summed E-state index contributed by atoms with van der Waals surface area (Å²) in [6, 6.07) is 4.08. The molecular formula is C13H20N2OS. The minimum Gasteiger partial charge on any atom is -0.381 e. The molecule has 0 unspecified atom stereocenters. The van der Waals surface area contributed by atoms with Crippen LogP contribution in [0, 0.1) is 17.2 Å². The van der Waals surface area contributed by atoms with E-state index in [-0.39, 0.29) is 0 Å². The van der Waals surface area contributed by atoms with Crippen molar-refractivity contribution >= 4 is 11.3 Å². The fourth-order valence-corrected chi connectivity index (χ4v) is 2.14. The fraction of sp³-hybridized carbons (Fsp3) is 0.615. The van der Waals surface area contributed by atoms with E-state index in [4.69, 9.17) is 10.00 Å². The lowest BCUT2D eigenvalue weighted by Gasteiger charge is -2.07. The molecule has 4 heteroatoms. The van der Waals surface area contributed by atoms with Gasteiger partial charge in [-0.1, -0.05) is 13.8 Å². The van der Waals surface area contributed by atoms with Gasteiger partial charge in [-0.15, -0.1) is 11.3 Å². The molecule has 0 atom stereocenters. The first-order valence-electron chi connectivity index (χ1n) is 5.98. The van der Waals surface area contributed by atoms with E-state index >= 15 is 0 Å². The summed E-state index contributed by atoms with van der Waals surface area (Å²) in [4.78, 5) is 1.21. The zero-order valence-corrected chi connectivity index (χ0v) is 11.3. The van der Waals surface area contributed by atoms with Gasteiger partial charge in [-0.2, -0.15) is 5.26 Å². The summed E-state index contributed by atoms with van der Waals surface area (Å²) in [6.07, 6.45) is 1.03. The van der Waals surface area contributed by atoms with Crippen molar-refractivity contribution < 1.29 is 4.74 Å². The second-order valence-corrected chi connectivity index (χ2v) is 5.41. The minimum absolute atomic E-state index is 0.610. The van der Waals surface area contributed by atoms with Crippen LogP contribution >= 0.6 is 11.3 Å². The first kappa shape index (κ1) is 14.2. The highest BCUT2D eigenvalue weighted by atomic mass is 32.1. The van der Waals surface area contributed by atoms with Crippen molar-refractivity contribution in [2.45, 2.75) is 26.8 Å². The van der Waals surface area contributed by atoms with Crippen LogP contribution in [-0.4, -0.2) is 19.8 Å². The normalized spacial score (nSPS) is 10.7. The van der Waals surface area contributed by atoms with Gasteiger partial charge in [-0.25, -0.2) is 0 Å². The maximum atomic E-state index is 8.68. The highest BCUT2D eigenvalue weighted by Crippen LogP contribution is 2.13. The first-order chi connectivity index (χ1) is 8.22. The van der Waals surface area contributed by atoms with E-state index in [2.05, 4.69) is 25.2 Å². The summed E-state index contributed by atoms with van der Waals surface area (Å²) in [5, 5.41) is 13.9. The Morgan fingerprint density at radius 1 is 1.53 bits per heavy atom. The van der Waals surface area contributed by atoms with Crippen LogP contribution in [0.2, 0.25) is 0 Å². The Labute approximate surface area is 107 Å². The quantitative estimate of drug-likeness (QED) is 0.724. The summed E-state index contributed by atoms with van der Waals surface area (Å²) in [5.74, 6) is 0.610. The molecule has 0 amide bonds. The largest absolute Gasteiger partial charge is 0.381 e. The number of ether oxygens (including phenoxy) is 1. The number of nitrogens with zero attached hydrogens (tertiary/aromatic N) is 1. The molecule has 1 N–H and O–H groups in total. The highest BCUT2D eigenvalue weighted by molar-refractivity contribution is 7.10. The Kier molecular flexibility index (Phi) is 6.87. The average Bonchev–Trinajstić information content (AvgIpc) is 2.75. The summed E-state index contributed by atoms with van der Waals surface area (Å²) in [7, 11) is 0. The van der Waals surface area contributed by atoms with E-state index in [9.17, 15) is 0 Å². The monoisotopic (exact) mass is 252 g/mol. The van der Waals surface area contributed by atoms with E-state index in [0.717, 1.165) is 38.3 Å². The van der Waals surface area contributed by atoms with E-state index in [1.807, 2.05) is 11.4 Å². The smallest absolute Gasteiger partial charge is 0.100 e. The Morgan fingerprint density at radius 2 is 2.35 bits per heavy atom. The lowest BCUT2D eigenvalue weighted by atomic mass is 10.2. The van der Waals surface area contributed by atoms with Crippen LogP contribution in [0.3, 0.4) is 0 Å². The Bertz CT molecular complexity index is 355. The van der Waals surface area contributed by atoms with Crippen molar-refractivity contribution in [3.63, 3.8) is 0 Å². The van der Waals surface area contributed by atoms with Crippen LogP contribution in [0.25, 0.3) is 0 Å². The standard InChI is InChI=1S/C13H20N2OS/c1-11(2)9-16-5-3-4-15-8-13-6-12(7-14)10-17-13/h6,10-11,15H,3-5,8-9H2,1-2H3. The molecule has 94 valence electrons. The lowest BCUT2D eigenvalue weighted by Crippen LogP contribution is -2.16. The SMILES string of the molecule is CC(C)COCCCNCc1cc(C#N)cs1. The van der Waals surface area contributed by atoms with Crippen LogP contribution in [-0.2, 0) is 11.3 Å². The number of nitrogens with one attached hydrogen (secondary N) is 1. The zero-order valence-electron chi connectivity index (χ0n) is 10.5. The number of hydrogen-bond donors (Lipinski definition) is 1. The van der Waals surface area contributed by atoms with Gasteiger partial charge >= 0.3 is 0 Å². The van der Waals surface area contributed by atoms with E-state index in [1.165, 1.54) is 4.88 Å². The zero-order chi connectivity index (χ0) is 12.5. The average molecular weight is 252 g/mol. The summed E-state index contributed by atoms with van der Waals surface area (Å²) in [5.41, 5.74) is 0.757.